The third-order valence-corrected chi connectivity index (χ3v) is 3.08. The highest BCUT2D eigenvalue weighted by atomic mass is 19.1. The number of hydrogen-bond donors (Lipinski definition) is 2. The van der Waals surface area contributed by atoms with E-state index in [1.54, 1.807) is 18.3 Å². The van der Waals surface area contributed by atoms with Crippen LogP contribution in [-0.4, -0.2) is 18.7 Å². The zero-order chi connectivity index (χ0) is 14.2. The second kappa shape index (κ2) is 7.43. The first-order chi connectivity index (χ1) is 9.74. The minimum absolute atomic E-state index is 0.105. The number of allylic oxidation sites excluding steroid dienone is 2. The number of hydrazone groups is 1. The molecule has 2 N–H and O–H groups in total. The number of halogens is 1. The lowest BCUT2D eigenvalue weighted by molar-refractivity contribution is -0.119. The maximum absolute atomic E-state index is 12.7. The van der Waals surface area contributed by atoms with Crippen LogP contribution in [0.5, 0.6) is 0 Å². The second-order valence-corrected chi connectivity index (χ2v) is 4.72. The van der Waals surface area contributed by atoms with E-state index in [-0.39, 0.29) is 18.3 Å². The first-order valence-corrected chi connectivity index (χ1v) is 6.70. The fraction of sp³-hybridized carbons (Fsp3) is 0.333. The highest BCUT2D eigenvalue weighted by Crippen LogP contribution is 2.15. The minimum Gasteiger partial charge on any atom is -0.376 e. The third-order valence-electron chi connectivity index (χ3n) is 3.08. The lowest BCUT2D eigenvalue weighted by Crippen LogP contribution is -2.26. The maximum Gasteiger partial charge on any atom is 0.259 e. The van der Waals surface area contributed by atoms with E-state index in [9.17, 15) is 9.18 Å². The molecule has 106 valence electrons. The van der Waals surface area contributed by atoms with Gasteiger partial charge in [-0.25, -0.2) is 9.82 Å². The van der Waals surface area contributed by atoms with E-state index in [4.69, 9.17) is 0 Å². The first kappa shape index (κ1) is 14.2. The zero-order valence-corrected chi connectivity index (χ0v) is 11.2. The molecule has 0 spiro atoms. The zero-order valence-electron chi connectivity index (χ0n) is 11.2. The van der Waals surface area contributed by atoms with E-state index in [2.05, 4.69) is 28.0 Å². The van der Waals surface area contributed by atoms with Crippen molar-refractivity contribution in [3.05, 3.63) is 42.2 Å². The number of anilines is 1. The van der Waals surface area contributed by atoms with Crippen molar-refractivity contribution < 1.29 is 9.18 Å². The third kappa shape index (κ3) is 4.84. The van der Waals surface area contributed by atoms with Crippen molar-refractivity contribution in [1.82, 2.24) is 5.43 Å². The number of benzene rings is 1. The SMILES string of the molecule is O=C(CNc1ccc(F)cc1)N/N=C\[C@H]1CC=CCC1. The molecule has 5 heteroatoms. The Morgan fingerprint density at radius 3 is 2.85 bits per heavy atom. The molecule has 0 heterocycles. The fourth-order valence-electron chi connectivity index (χ4n) is 1.96. The molecule has 0 unspecified atom stereocenters. The van der Waals surface area contributed by atoms with Crippen LogP contribution in [0.3, 0.4) is 0 Å². The number of amides is 1. The summed E-state index contributed by atoms with van der Waals surface area (Å²) in [5.41, 5.74) is 3.18. The molecule has 1 amide bonds. The van der Waals surface area contributed by atoms with E-state index >= 15 is 0 Å². The Labute approximate surface area is 117 Å². The first-order valence-electron chi connectivity index (χ1n) is 6.70. The van der Waals surface area contributed by atoms with E-state index in [1.165, 1.54) is 12.1 Å². The highest BCUT2D eigenvalue weighted by Gasteiger charge is 2.06. The molecular formula is C15H18FN3O. The van der Waals surface area contributed by atoms with Gasteiger partial charge in [0.2, 0.25) is 0 Å². The van der Waals surface area contributed by atoms with Crippen molar-refractivity contribution in [3.63, 3.8) is 0 Å². The van der Waals surface area contributed by atoms with Gasteiger partial charge in [0.1, 0.15) is 5.82 Å². The summed E-state index contributed by atoms with van der Waals surface area (Å²) in [4.78, 5) is 11.5. The Morgan fingerprint density at radius 2 is 2.15 bits per heavy atom. The Kier molecular flexibility index (Phi) is 5.29. The predicted molar refractivity (Wildman–Crippen MR) is 78.0 cm³/mol. The number of carbonyl (C=O) groups excluding carboxylic acids is 1. The molecule has 1 aliphatic carbocycles. The van der Waals surface area contributed by atoms with Crippen molar-refractivity contribution in [2.24, 2.45) is 11.0 Å². The van der Waals surface area contributed by atoms with Gasteiger partial charge in [0.15, 0.2) is 0 Å². The summed E-state index contributed by atoms with van der Waals surface area (Å²) in [6, 6.07) is 5.85. The largest absolute Gasteiger partial charge is 0.376 e. The lowest BCUT2D eigenvalue weighted by Gasteiger charge is -2.11. The van der Waals surface area contributed by atoms with Crippen LogP contribution in [0.15, 0.2) is 41.5 Å². The molecule has 0 aromatic heterocycles. The van der Waals surface area contributed by atoms with Crippen LogP contribution in [0, 0.1) is 11.7 Å². The monoisotopic (exact) mass is 275 g/mol. The molecule has 20 heavy (non-hydrogen) atoms. The van der Waals surface area contributed by atoms with Gasteiger partial charge in [-0.3, -0.25) is 4.79 Å². The van der Waals surface area contributed by atoms with Crippen LogP contribution in [0.2, 0.25) is 0 Å². The van der Waals surface area contributed by atoms with Gasteiger partial charge in [0.25, 0.3) is 5.91 Å². The molecule has 0 saturated carbocycles. The van der Waals surface area contributed by atoms with Crippen LogP contribution >= 0.6 is 0 Å². The summed E-state index contributed by atoms with van der Waals surface area (Å²) in [5.74, 6) is -0.117. The standard InChI is InChI=1S/C15H18FN3O/c16-13-6-8-14(9-7-13)17-11-15(20)19-18-10-12-4-2-1-3-5-12/h1-2,6-10,12,17H,3-5,11H2,(H,19,20)/b18-10-/t12-/m0/s1. The molecule has 0 bridgehead atoms. The van der Waals surface area contributed by atoms with Crippen molar-refractivity contribution in [2.75, 3.05) is 11.9 Å². The lowest BCUT2D eigenvalue weighted by atomic mass is 9.96. The quantitative estimate of drug-likeness (QED) is 0.493. The smallest absolute Gasteiger partial charge is 0.259 e. The summed E-state index contributed by atoms with van der Waals surface area (Å²) in [7, 11) is 0. The normalized spacial score (nSPS) is 18.1. The van der Waals surface area contributed by atoms with Crippen LogP contribution in [0.25, 0.3) is 0 Å². The number of hydrogen-bond acceptors (Lipinski definition) is 3. The Bertz CT molecular complexity index is 496. The average molecular weight is 275 g/mol. The van der Waals surface area contributed by atoms with Crippen molar-refractivity contribution in [3.8, 4) is 0 Å². The van der Waals surface area contributed by atoms with Crippen LogP contribution in [0.4, 0.5) is 10.1 Å². The average Bonchev–Trinajstić information content (AvgIpc) is 2.48. The van der Waals surface area contributed by atoms with Crippen molar-refractivity contribution in [1.29, 1.82) is 0 Å². The number of carbonyl (C=O) groups is 1. The number of nitrogens with zero attached hydrogens (tertiary/aromatic N) is 1. The molecule has 0 radical (unpaired) electrons. The molecule has 1 atom stereocenters. The molecule has 2 rings (SSSR count). The molecule has 0 saturated heterocycles. The van der Waals surface area contributed by atoms with Gasteiger partial charge in [-0.05, 0) is 49.4 Å². The van der Waals surface area contributed by atoms with E-state index in [0.29, 0.717) is 11.6 Å². The highest BCUT2D eigenvalue weighted by molar-refractivity contribution is 5.81. The molecule has 1 aromatic carbocycles. The van der Waals surface area contributed by atoms with Gasteiger partial charge >= 0.3 is 0 Å². The van der Waals surface area contributed by atoms with E-state index in [1.807, 2.05) is 0 Å². The molecular weight excluding hydrogens is 257 g/mol. The topological polar surface area (TPSA) is 53.5 Å². The minimum atomic E-state index is -0.300. The molecule has 1 aliphatic rings. The number of nitrogens with one attached hydrogen (secondary N) is 2. The van der Waals surface area contributed by atoms with Crippen LogP contribution in [0.1, 0.15) is 19.3 Å². The van der Waals surface area contributed by atoms with Crippen molar-refractivity contribution >= 4 is 17.8 Å². The van der Waals surface area contributed by atoms with Gasteiger partial charge in [-0.2, -0.15) is 5.10 Å². The summed E-state index contributed by atoms with van der Waals surface area (Å²) in [6.07, 6.45) is 9.21. The summed E-state index contributed by atoms with van der Waals surface area (Å²) >= 11 is 0. The van der Waals surface area contributed by atoms with E-state index < -0.39 is 0 Å². The fourth-order valence-corrected chi connectivity index (χ4v) is 1.96. The van der Waals surface area contributed by atoms with E-state index in [0.717, 1.165) is 19.3 Å². The van der Waals surface area contributed by atoms with Gasteiger partial charge in [0.05, 0.1) is 6.54 Å². The maximum atomic E-state index is 12.7. The summed E-state index contributed by atoms with van der Waals surface area (Å²) < 4.78 is 12.7. The molecule has 0 aliphatic heterocycles. The van der Waals surface area contributed by atoms with Crippen LogP contribution < -0.4 is 10.7 Å². The summed E-state index contributed by atoms with van der Waals surface area (Å²) in [5, 5.41) is 6.86. The molecule has 0 fully saturated rings. The van der Waals surface area contributed by atoms with Gasteiger partial charge < -0.3 is 5.32 Å². The summed E-state index contributed by atoms with van der Waals surface area (Å²) in [6.45, 7) is 0.105. The van der Waals surface area contributed by atoms with Gasteiger partial charge in [-0.1, -0.05) is 12.2 Å². The molecule has 4 nitrogen and oxygen atoms in total. The van der Waals surface area contributed by atoms with Crippen molar-refractivity contribution in [2.45, 2.75) is 19.3 Å². The Hall–Kier alpha value is -2.17. The Balaban J connectivity index is 1.68. The predicted octanol–water partition coefficient (Wildman–Crippen LogP) is 2.70. The molecule has 1 aromatic rings. The van der Waals surface area contributed by atoms with Gasteiger partial charge in [-0.15, -0.1) is 0 Å². The second-order valence-electron chi connectivity index (χ2n) is 4.72. The van der Waals surface area contributed by atoms with Gasteiger partial charge in [0, 0.05) is 11.9 Å². The Morgan fingerprint density at radius 1 is 1.35 bits per heavy atom. The number of rotatable bonds is 5. The van der Waals surface area contributed by atoms with Crippen LogP contribution in [-0.2, 0) is 4.79 Å².